The van der Waals surface area contributed by atoms with Gasteiger partial charge in [0.05, 0.1) is 0 Å². The summed E-state index contributed by atoms with van der Waals surface area (Å²) in [6.07, 6.45) is 7.21. The minimum Gasteiger partial charge on any atom is -0.314 e. The number of nitrogens with zero attached hydrogens (tertiary/aromatic N) is 1. The van der Waals surface area contributed by atoms with Crippen LogP contribution in [0.4, 0.5) is 0 Å². The smallest absolute Gasteiger partial charge is 0.0107 e. The molecule has 0 saturated carbocycles. The molecule has 2 bridgehead atoms. The first-order chi connectivity index (χ1) is 7.90. The van der Waals surface area contributed by atoms with Crippen molar-refractivity contribution in [3.63, 3.8) is 0 Å². The molecule has 2 N–H and O–H groups in total. The topological polar surface area (TPSA) is 27.3 Å². The van der Waals surface area contributed by atoms with Crippen molar-refractivity contribution < 1.29 is 0 Å². The maximum absolute atomic E-state index is 3.73. The number of hydrogen-bond acceptors (Lipinski definition) is 3. The average Bonchev–Trinajstić information content (AvgIpc) is 2.67. The fourth-order valence-electron chi connectivity index (χ4n) is 3.71. The highest BCUT2D eigenvalue weighted by molar-refractivity contribution is 4.92. The van der Waals surface area contributed by atoms with Crippen LogP contribution in [0.3, 0.4) is 0 Å². The van der Waals surface area contributed by atoms with Gasteiger partial charge in [-0.15, -0.1) is 0 Å². The van der Waals surface area contributed by atoms with Gasteiger partial charge >= 0.3 is 0 Å². The molecule has 3 saturated heterocycles. The lowest BCUT2D eigenvalue weighted by Gasteiger charge is -2.32. The van der Waals surface area contributed by atoms with Crippen LogP contribution in [0, 0.1) is 5.92 Å². The van der Waals surface area contributed by atoms with Gasteiger partial charge in [-0.3, -0.25) is 0 Å². The number of hydrogen-bond donors (Lipinski definition) is 2. The summed E-state index contributed by atoms with van der Waals surface area (Å²) >= 11 is 0. The minimum absolute atomic E-state index is 0.867. The number of nitrogens with one attached hydrogen (secondary N) is 2. The molecular formula is C13H25N3. The van der Waals surface area contributed by atoms with Crippen LogP contribution >= 0.6 is 0 Å². The molecule has 0 amide bonds. The quantitative estimate of drug-likeness (QED) is 0.741. The van der Waals surface area contributed by atoms with Gasteiger partial charge in [0.25, 0.3) is 0 Å². The van der Waals surface area contributed by atoms with Crippen molar-refractivity contribution in [3.05, 3.63) is 0 Å². The zero-order valence-corrected chi connectivity index (χ0v) is 10.3. The number of piperidine rings is 1. The van der Waals surface area contributed by atoms with Crippen LogP contribution in [-0.4, -0.2) is 49.7 Å². The van der Waals surface area contributed by atoms with Gasteiger partial charge in [-0.25, -0.2) is 0 Å². The summed E-state index contributed by atoms with van der Waals surface area (Å²) in [6, 6.07) is 1.73. The zero-order valence-electron chi connectivity index (χ0n) is 10.3. The third-order valence-corrected chi connectivity index (χ3v) is 4.63. The molecule has 92 valence electrons. The van der Waals surface area contributed by atoms with Crippen molar-refractivity contribution in [3.8, 4) is 0 Å². The average molecular weight is 223 g/mol. The number of fused-ring (bicyclic) bond motifs is 2. The second-order valence-electron chi connectivity index (χ2n) is 5.86. The molecule has 3 heteroatoms. The van der Waals surface area contributed by atoms with E-state index in [1.165, 1.54) is 64.8 Å². The molecule has 0 spiro atoms. The lowest BCUT2D eigenvalue weighted by Crippen LogP contribution is -2.45. The maximum Gasteiger partial charge on any atom is 0.0107 e. The number of rotatable bonds is 3. The molecule has 0 aliphatic carbocycles. The second kappa shape index (κ2) is 5.03. The zero-order chi connectivity index (χ0) is 10.8. The Kier molecular flexibility index (Phi) is 3.46. The van der Waals surface area contributed by atoms with Crippen LogP contribution in [0.1, 0.15) is 32.1 Å². The molecular weight excluding hydrogens is 198 g/mol. The summed E-state index contributed by atoms with van der Waals surface area (Å²) in [5, 5.41) is 7.16. The van der Waals surface area contributed by atoms with Gasteiger partial charge in [0.15, 0.2) is 0 Å². The van der Waals surface area contributed by atoms with E-state index in [2.05, 4.69) is 15.5 Å². The predicted molar refractivity (Wildman–Crippen MR) is 66.6 cm³/mol. The van der Waals surface area contributed by atoms with Gasteiger partial charge in [-0.2, -0.15) is 0 Å². The predicted octanol–water partition coefficient (Wildman–Crippen LogP) is 0.812. The molecule has 0 radical (unpaired) electrons. The monoisotopic (exact) mass is 223 g/mol. The van der Waals surface area contributed by atoms with E-state index >= 15 is 0 Å². The summed E-state index contributed by atoms with van der Waals surface area (Å²) in [6.45, 7) is 6.25. The van der Waals surface area contributed by atoms with E-state index in [1.807, 2.05) is 0 Å². The molecule has 2 atom stereocenters. The second-order valence-corrected chi connectivity index (χ2v) is 5.86. The summed E-state index contributed by atoms with van der Waals surface area (Å²) < 4.78 is 0. The minimum atomic E-state index is 0.867. The molecule has 3 aliphatic rings. The molecule has 3 nitrogen and oxygen atoms in total. The van der Waals surface area contributed by atoms with Gasteiger partial charge in [-0.05, 0) is 44.6 Å². The Hall–Kier alpha value is -0.120. The highest BCUT2D eigenvalue weighted by Gasteiger charge is 2.33. The third-order valence-electron chi connectivity index (χ3n) is 4.63. The van der Waals surface area contributed by atoms with E-state index in [9.17, 15) is 0 Å². The molecule has 0 aromatic carbocycles. The highest BCUT2D eigenvalue weighted by Crippen LogP contribution is 2.32. The van der Waals surface area contributed by atoms with E-state index in [0.717, 1.165) is 18.0 Å². The molecule has 3 fully saturated rings. The Balaban J connectivity index is 1.41. The van der Waals surface area contributed by atoms with Gasteiger partial charge in [0.1, 0.15) is 0 Å². The lowest BCUT2D eigenvalue weighted by molar-refractivity contribution is 0.201. The van der Waals surface area contributed by atoms with Gasteiger partial charge < -0.3 is 15.5 Å². The van der Waals surface area contributed by atoms with Crippen LogP contribution in [-0.2, 0) is 0 Å². The van der Waals surface area contributed by atoms with E-state index in [-0.39, 0.29) is 0 Å². The van der Waals surface area contributed by atoms with Crippen LogP contribution in [0.25, 0.3) is 0 Å². The van der Waals surface area contributed by atoms with E-state index in [1.54, 1.807) is 0 Å². The van der Waals surface area contributed by atoms with E-state index in [0.29, 0.717) is 0 Å². The van der Waals surface area contributed by atoms with Crippen LogP contribution in [0.5, 0.6) is 0 Å². The molecule has 16 heavy (non-hydrogen) atoms. The highest BCUT2D eigenvalue weighted by atomic mass is 15.2. The fraction of sp³-hybridized carbons (Fsp3) is 1.00. The molecule has 3 rings (SSSR count). The number of piperazine rings is 1. The summed E-state index contributed by atoms with van der Waals surface area (Å²) in [5.41, 5.74) is 0. The first-order valence-corrected chi connectivity index (χ1v) is 7.09. The maximum atomic E-state index is 3.73. The first-order valence-electron chi connectivity index (χ1n) is 7.09. The first kappa shape index (κ1) is 11.0. The van der Waals surface area contributed by atoms with Crippen molar-refractivity contribution in [1.82, 2.24) is 15.5 Å². The largest absolute Gasteiger partial charge is 0.314 e. The Morgan fingerprint density at radius 2 is 1.69 bits per heavy atom. The van der Waals surface area contributed by atoms with Crippen molar-refractivity contribution in [2.45, 2.75) is 44.2 Å². The third kappa shape index (κ3) is 2.58. The SMILES string of the molecule is C1CN(CCC2CC3CCC(C2)N3)CCN1. The van der Waals surface area contributed by atoms with Crippen LogP contribution in [0.2, 0.25) is 0 Å². The molecule has 3 heterocycles. The van der Waals surface area contributed by atoms with E-state index in [4.69, 9.17) is 0 Å². The molecule has 0 aromatic rings. The van der Waals surface area contributed by atoms with E-state index < -0.39 is 0 Å². The van der Waals surface area contributed by atoms with Gasteiger partial charge in [-0.1, -0.05) is 0 Å². The Morgan fingerprint density at radius 3 is 2.38 bits per heavy atom. The van der Waals surface area contributed by atoms with Crippen molar-refractivity contribution >= 4 is 0 Å². The van der Waals surface area contributed by atoms with Crippen molar-refractivity contribution in [1.29, 1.82) is 0 Å². The van der Waals surface area contributed by atoms with Gasteiger partial charge in [0, 0.05) is 38.3 Å². The van der Waals surface area contributed by atoms with Crippen LogP contribution < -0.4 is 10.6 Å². The normalized spacial score (nSPS) is 40.1. The summed E-state index contributed by atoms with van der Waals surface area (Å²) in [7, 11) is 0. The summed E-state index contributed by atoms with van der Waals surface area (Å²) in [5.74, 6) is 1.01. The fourth-order valence-corrected chi connectivity index (χ4v) is 3.71. The Labute approximate surface area is 99.0 Å². The molecule has 3 aliphatic heterocycles. The molecule has 2 unspecified atom stereocenters. The Morgan fingerprint density at radius 1 is 1.00 bits per heavy atom. The standard InChI is InChI=1S/C13H25N3/c1-2-13-10-11(9-12(1)15-13)3-6-16-7-4-14-5-8-16/h11-15H,1-10H2. The molecule has 0 aromatic heterocycles. The van der Waals surface area contributed by atoms with Crippen LogP contribution in [0.15, 0.2) is 0 Å². The van der Waals surface area contributed by atoms with Gasteiger partial charge in [0.2, 0.25) is 0 Å². The van der Waals surface area contributed by atoms with Crippen molar-refractivity contribution in [2.24, 2.45) is 5.92 Å². The summed E-state index contributed by atoms with van der Waals surface area (Å²) in [4.78, 5) is 2.64. The Bertz CT molecular complexity index is 213. The van der Waals surface area contributed by atoms with Crippen molar-refractivity contribution in [2.75, 3.05) is 32.7 Å². The lowest BCUT2D eigenvalue weighted by atomic mass is 9.89.